The van der Waals surface area contributed by atoms with E-state index in [1.807, 2.05) is 0 Å². The van der Waals surface area contributed by atoms with Crippen molar-refractivity contribution >= 4 is 34.9 Å². The van der Waals surface area contributed by atoms with Crippen molar-refractivity contribution in [3.63, 3.8) is 0 Å². The molecule has 12 heteroatoms. The van der Waals surface area contributed by atoms with Crippen molar-refractivity contribution in [2.75, 3.05) is 11.4 Å². The van der Waals surface area contributed by atoms with Gasteiger partial charge in [0.25, 0.3) is 5.60 Å². The molecule has 2 aromatic carbocycles. The first-order valence-corrected chi connectivity index (χ1v) is 8.79. The van der Waals surface area contributed by atoms with Crippen molar-refractivity contribution in [2.45, 2.75) is 24.5 Å². The SMILES string of the molecule is O=C(O)CN(Cc1ccc(Cl)c(Cl)c1)c1ccc(C(O)(C(F)(F)F)C(F)(F)F)cc1. The minimum Gasteiger partial charge on any atom is -0.480 e. The monoisotopic (exact) mass is 475 g/mol. The van der Waals surface area contributed by atoms with Crippen LogP contribution < -0.4 is 4.90 Å². The molecule has 4 nitrogen and oxygen atoms in total. The predicted octanol–water partition coefficient (Wildman–Crippen LogP) is 5.40. The summed E-state index contributed by atoms with van der Waals surface area (Å²) in [5, 5.41) is 19.0. The molecular weight excluding hydrogens is 463 g/mol. The van der Waals surface area contributed by atoms with E-state index in [1.165, 1.54) is 23.1 Å². The molecule has 2 aromatic rings. The van der Waals surface area contributed by atoms with Gasteiger partial charge in [-0.25, -0.2) is 0 Å². The summed E-state index contributed by atoms with van der Waals surface area (Å²) in [4.78, 5) is 12.3. The highest BCUT2D eigenvalue weighted by atomic mass is 35.5. The maximum atomic E-state index is 13.0. The zero-order valence-corrected chi connectivity index (χ0v) is 16.2. The van der Waals surface area contributed by atoms with Crippen LogP contribution in [0.3, 0.4) is 0 Å². The molecule has 2 N–H and O–H groups in total. The number of aliphatic hydroxyl groups is 1. The fourth-order valence-corrected chi connectivity index (χ4v) is 2.98. The summed E-state index contributed by atoms with van der Waals surface area (Å²) >= 11 is 11.7. The van der Waals surface area contributed by atoms with Crippen molar-refractivity contribution in [2.24, 2.45) is 0 Å². The molecule has 0 atom stereocenters. The third kappa shape index (κ3) is 4.93. The average molecular weight is 476 g/mol. The van der Waals surface area contributed by atoms with Crippen LogP contribution >= 0.6 is 23.2 Å². The van der Waals surface area contributed by atoms with Gasteiger partial charge in [0.1, 0.15) is 6.54 Å². The van der Waals surface area contributed by atoms with E-state index in [2.05, 4.69) is 0 Å². The molecule has 0 aromatic heterocycles. The van der Waals surface area contributed by atoms with E-state index in [-0.39, 0.29) is 22.3 Å². The van der Waals surface area contributed by atoms with E-state index in [1.54, 1.807) is 0 Å². The molecule has 164 valence electrons. The average Bonchev–Trinajstić information content (AvgIpc) is 2.61. The number of rotatable bonds is 6. The Bertz CT molecular complexity index is 902. The van der Waals surface area contributed by atoms with Crippen LogP contribution in [0.1, 0.15) is 11.1 Å². The summed E-state index contributed by atoms with van der Waals surface area (Å²) in [5.74, 6) is -1.29. The summed E-state index contributed by atoms with van der Waals surface area (Å²) < 4.78 is 78.0. The lowest BCUT2D eigenvalue weighted by atomic mass is 9.92. The summed E-state index contributed by atoms with van der Waals surface area (Å²) in [6, 6.07) is 7.03. The Labute approximate surface area is 176 Å². The molecule has 0 aliphatic rings. The summed E-state index contributed by atoms with van der Waals surface area (Å²) in [5.41, 5.74) is -6.01. The van der Waals surface area contributed by atoms with Crippen LogP contribution in [0.5, 0.6) is 0 Å². The van der Waals surface area contributed by atoms with Crippen LogP contribution in [0.2, 0.25) is 10.0 Å². The third-order valence-electron chi connectivity index (χ3n) is 4.15. The van der Waals surface area contributed by atoms with Gasteiger partial charge in [0.15, 0.2) is 0 Å². The summed E-state index contributed by atoms with van der Waals surface area (Å²) in [6.45, 7) is -0.687. The van der Waals surface area contributed by atoms with E-state index in [0.29, 0.717) is 17.7 Å². The van der Waals surface area contributed by atoms with Crippen LogP contribution in [0.4, 0.5) is 32.0 Å². The number of carboxylic acids is 1. The first-order valence-electron chi connectivity index (χ1n) is 8.04. The molecule has 0 unspecified atom stereocenters. The van der Waals surface area contributed by atoms with Crippen molar-refractivity contribution in [1.29, 1.82) is 0 Å². The maximum Gasteiger partial charge on any atom is 0.430 e. The molecule has 2 rings (SSSR count). The Morgan fingerprint density at radius 1 is 0.900 bits per heavy atom. The molecule has 0 fully saturated rings. The topological polar surface area (TPSA) is 60.8 Å². The minimum absolute atomic E-state index is 0.0129. The number of nitrogens with zero attached hydrogens (tertiary/aromatic N) is 1. The predicted molar refractivity (Wildman–Crippen MR) is 97.6 cm³/mol. The standard InChI is InChI=1S/C18H13Cl2F6NO3/c19-13-6-1-10(7-14(13)20)8-27(9-15(28)29)12-4-2-11(3-5-12)16(30,17(21,22)23)18(24,25)26/h1-7,30H,8-9H2,(H,28,29). The second kappa shape index (κ2) is 8.52. The van der Waals surface area contributed by atoms with Crippen molar-refractivity contribution in [3.8, 4) is 0 Å². The number of hydrogen-bond donors (Lipinski definition) is 2. The molecule has 0 saturated carbocycles. The van der Waals surface area contributed by atoms with Crippen LogP contribution in [0, 0.1) is 0 Å². The minimum atomic E-state index is -6.02. The van der Waals surface area contributed by atoms with Crippen LogP contribution in [0.25, 0.3) is 0 Å². The van der Waals surface area contributed by atoms with Gasteiger partial charge in [0, 0.05) is 17.8 Å². The Hall–Kier alpha value is -2.17. The lowest BCUT2D eigenvalue weighted by Crippen LogP contribution is -2.53. The number of carboxylic acid groups (broad SMARTS) is 1. The van der Waals surface area contributed by atoms with Crippen molar-refractivity contribution in [1.82, 2.24) is 0 Å². The highest BCUT2D eigenvalue weighted by Gasteiger charge is 2.71. The third-order valence-corrected chi connectivity index (χ3v) is 4.89. The second-order valence-corrected chi connectivity index (χ2v) is 7.07. The van der Waals surface area contributed by atoms with Crippen LogP contribution in [0.15, 0.2) is 42.5 Å². The lowest BCUT2D eigenvalue weighted by Gasteiger charge is -2.33. The first-order chi connectivity index (χ1) is 13.7. The van der Waals surface area contributed by atoms with Gasteiger partial charge in [-0.15, -0.1) is 0 Å². The molecular formula is C18H13Cl2F6NO3. The molecule has 0 aliphatic heterocycles. The summed E-state index contributed by atoms with van der Waals surface area (Å²) in [6.07, 6.45) is -12.0. The number of halogens is 8. The number of anilines is 1. The van der Waals surface area contributed by atoms with E-state index in [0.717, 1.165) is 12.1 Å². The van der Waals surface area contributed by atoms with Gasteiger partial charge >= 0.3 is 18.3 Å². The molecule has 0 saturated heterocycles. The van der Waals surface area contributed by atoms with Gasteiger partial charge in [0.05, 0.1) is 10.0 Å². The van der Waals surface area contributed by atoms with E-state index >= 15 is 0 Å². The smallest absolute Gasteiger partial charge is 0.430 e. The van der Waals surface area contributed by atoms with Gasteiger partial charge in [-0.3, -0.25) is 4.79 Å². The fourth-order valence-electron chi connectivity index (χ4n) is 2.66. The number of carbonyl (C=O) groups is 1. The van der Waals surface area contributed by atoms with Crippen molar-refractivity contribution in [3.05, 3.63) is 63.6 Å². The number of aliphatic carboxylic acids is 1. The number of benzene rings is 2. The van der Waals surface area contributed by atoms with E-state index < -0.39 is 36.0 Å². The largest absolute Gasteiger partial charge is 0.480 e. The highest BCUT2D eigenvalue weighted by molar-refractivity contribution is 6.42. The number of hydrogen-bond acceptors (Lipinski definition) is 3. The zero-order chi connectivity index (χ0) is 22.9. The molecule has 0 radical (unpaired) electrons. The Morgan fingerprint density at radius 3 is 1.87 bits per heavy atom. The van der Waals surface area contributed by atoms with Gasteiger partial charge in [-0.05, 0) is 29.8 Å². The zero-order valence-electron chi connectivity index (χ0n) is 14.7. The van der Waals surface area contributed by atoms with E-state index in [9.17, 15) is 36.2 Å². The molecule has 0 amide bonds. The molecule has 0 aliphatic carbocycles. The van der Waals surface area contributed by atoms with Gasteiger partial charge in [0.2, 0.25) is 0 Å². The highest BCUT2D eigenvalue weighted by Crippen LogP contribution is 2.50. The quantitative estimate of drug-likeness (QED) is 0.549. The van der Waals surface area contributed by atoms with Crippen molar-refractivity contribution < 1.29 is 41.4 Å². The molecule has 0 spiro atoms. The maximum absolute atomic E-state index is 13.0. The Balaban J connectivity index is 2.42. The summed E-state index contributed by atoms with van der Waals surface area (Å²) in [7, 11) is 0. The van der Waals surface area contributed by atoms with Gasteiger partial charge in [-0.2, -0.15) is 26.3 Å². The normalized spacial score (nSPS) is 12.7. The first kappa shape index (κ1) is 24.1. The molecule has 0 heterocycles. The molecule has 30 heavy (non-hydrogen) atoms. The Morgan fingerprint density at radius 2 is 1.43 bits per heavy atom. The molecule has 0 bridgehead atoms. The number of alkyl halides is 6. The van der Waals surface area contributed by atoms with Crippen LogP contribution in [-0.4, -0.2) is 35.1 Å². The van der Waals surface area contributed by atoms with Crippen LogP contribution in [-0.2, 0) is 16.9 Å². The van der Waals surface area contributed by atoms with Gasteiger partial charge in [-0.1, -0.05) is 41.4 Å². The second-order valence-electron chi connectivity index (χ2n) is 6.25. The van der Waals surface area contributed by atoms with E-state index in [4.69, 9.17) is 28.3 Å². The lowest BCUT2D eigenvalue weighted by molar-refractivity contribution is -0.376. The Kier molecular flexibility index (Phi) is 6.85. The van der Waals surface area contributed by atoms with Gasteiger partial charge < -0.3 is 15.1 Å². The fraction of sp³-hybridized carbons (Fsp3) is 0.278.